The normalized spacial score (nSPS) is 36.3. The van der Waals surface area contributed by atoms with E-state index in [1.807, 2.05) is 6.07 Å². The average molecular weight is 315 g/mol. The standard InChI is InChI=1S/C19H25NO3/c1-11-15(21)6-5-13-14-10-12-4-7-16(23-3)18(22)17(12)19(11,13)8-9-20(14)2/h4,7,11,13-14,22H,5-6,8-10H2,1-3H3/t11-,13+,14-,19-/m1/s1. The molecule has 3 aliphatic rings. The van der Waals surface area contributed by atoms with Gasteiger partial charge < -0.3 is 14.7 Å². The molecule has 1 saturated heterocycles. The predicted octanol–water partition coefficient (Wildman–Crippen LogP) is 2.51. The summed E-state index contributed by atoms with van der Waals surface area (Å²) in [5.41, 5.74) is 1.98. The number of carbonyl (C=O) groups is 1. The van der Waals surface area contributed by atoms with Crippen molar-refractivity contribution in [3.05, 3.63) is 23.3 Å². The van der Waals surface area contributed by atoms with Crippen molar-refractivity contribution >= 4 is 5.78 Å². The average Bonchev–Trinajstić information content (AvgIpc) is 2.54. The Labute approximate surface area is 137 Å². The number of methoxy groups -OCH3 is 1. The van der Waals surface area contributed by atoms with Crippen molar-refractivity contribution in [1.29, 1.82) is 0 Å². The first-order valence-corrected chi connectivity index (χ1v) is 8.63. The van der Waals surface area contributed by atoms with Crippen LogP contribution in [0.5, 0.6) is 11.5 Å². The van der Waals surface area contributed by atoms with E-state index < -0.39 is 0 Å². The van der Waals surface area contributed by atoms with E-state index in [-0.39, 0.29) is 17.1 Å². The second-order valence-corrected chi connectivity index (χ2v) is 7.53. The molecule has 23 heavy (non-hydrogen) atoms. The number of fused-ring (bicyclic) bond motifs is 1. The molecule has 0 amide bonds. The number of ketones is 1. The van der Waals surface area contributed by atoms with Gasteiger partial charge in [0.2, 0.25) is 0 Å². The number of likely N-dealkylation sites (N-methyl/N-ethyl adjacent to an activating group) is 1. The van der Waals surface area contributed by atoms with E-state index in [0.717, 1.165) is 31.4 Å². The van der Waals surface area contributed by atoms with Crippen LogP contribution in [-0.2, 0) is 16.6 Å². The Morgan fingerprint density at radius 1 is 1.39 bits per heavy atom. The van der Waals surface area contributed by atoms with Gasteiger partial charge in [0.05, 0.1) is 7.11 Å². The number of benzene rings is 1. The van der Waals surface area contributed by atoms with Crippen molar-refractivity contribution in [2.45, 2.75) is 44.1 Å². The summed E-state index contributed by atoms with van der Waals surface area (Å²) in [5, 5.41) is 10.9. The monoisotopic (exact) mass is 315 g/mol. The molecule has 0 spiro atoms. The number of likely N-dealkylation sites (tertiary alicyclic amines) is 1. The van der Waals surface area contributed by atoms with Gasteiger partial charge in [0.25, 0.3) is 0 Å². The zero-order valence-corrected chi connectivity index (χ0v) is 14.1. The van der Waals surface area contributed by atoms with Gasteiger partial charge in [0.1, 0.15) is 5.78 Å². The lowest BCUT2D eigenvalue weighted by Crippen LogP contribution is -2.63. The molecule has 0 unspecified atom stereocenters. The van der Waals surface area contributed by atoms with Crippen LogP contribution in [0.1, 0.15) is 37.3 Å². The van der Waals surface area contributed by atoms with Gasteiger partial charge in [-0.2, -0.15) is 0 Å². The van der Waals surface area contributed by atoms with Crippen molar-refractivity contribution in [1.82, 2.24) is 4.90 Å². The predicted molar refractivity (Wildman–Crippen MR) is 88.0 cm³/mol. The summed E-state index contributed by atoms with van der Waals surface area (Å²) < 4.78 is 5.36. The van der Waals surface area contributed by atoms with Gasteiger partial charge >= 0.3 is 0 Å². The minimum atomic E-state index is -0.223. The van der Waals surface area contributed by atoms with Crippen LogP contribution in [0.2, 0.25) is 0 Å². The summed E-state index contributed by atoms with van der Waals surface area (Å²) in [7, 11) is 3.79. The maximum atomic E-state index is 12.6. The SMILES string of the molecule is COc1ccc2c(c1O)[C@@]13CCN(C)[C@H](C2)[C@@H]1CCC(=O)[C@H]3C. The Morgan fingerprint density at radius 2 is 2.17 bits per heavy atom. The summed E-state index contributed by atoms with van der Waals surface area (Å²) in [5.74, 6) is 1.55. The highest BCUT2D eigenvalue weighted by Gasteiger charge is 2.59. The van der Waals surface area contributed by atoms with Crippen LogP contribution >= 0.6 is 0 Å². The molecule has 2 aliphatic carbocycles. The maximum absolute atomic E-state index is 12.6. The number of nitrogens with zero attached hydrogens (tertiary/aromatic N) is 1. The molecule has 1 heterocycles. The van der Waals surface area contributed by atoms with Crippen LogP contribution in [0, 0.1) is 11.8 Å². The van der Waals surface area contributed by atoms with E-state index in [2.05, 4.69) is 24.9 Å². The first-order chi connectivity index (χ1) is 11.0. The molecule has 4 rings (SSSR count). The van der Waals surface area contributed by atoms with Gasteiger partial charge in [-0.1, -0.05) is 13.0 Å². The quantitative estimate of drug-likeness (QED) is 0.865. The molecule has 0 aromatic heterocycles. The first-order valence-electron chi connectivity index (χ1n) is 8.63. The minimum Gasteiger partial charge on any atom is -0.504 e. The smallest absolute Gasteiger partial charge is 0.161 e. The second kappa shape index (κ2) is 4.97. The van der Waals surface area contributed by atoms with Crippen LogP contribution in [0.3, 0.4) is 0 Å². The molecule has 1 aliphatic heterocycles. The van der Waals surface area contributed by atoms with Gasteiger partial charge in [-0.05, 0) is 50.4 Å². The van der Waals surface area contributed by atoms with Gasteiger partial charge in [0.15, 0.2) is 11.5 Å². The number of phenolic OH excluding ortho intramolecular Hbond substituents is 1. The molecular weight excluding hydrogens is 290 g/mol. The minimum absolute atomic E-state index is 0.0329. The third kappa shape index (κ3) is 1.78. The summed E-state index contributed by atoms with van der Waals surface area (Å²) in [6.45, 7) is 3.06. The summed E-state index contributed by atoms with van der Waals surface area (Å²) in [6, 6.07) is 4.42. The Hall–Kier alpha value is -1.55. The van der Waals surface area contributed by atoms with Gasteiger partial charge in [-0.15, -0.1) is 0 Å². The molecule has 4 heteroatoms. The molecular formula is C19H25NO3. The number of aromatic hydroxyl groups is 1. The van der Waals surface area contributed by atoms with Crippen molar-refractivity contribution in [2.24, 2.45) is 11.8 Å². The van der Waals surface area contributed by atoms with Crippen molar-refractivity contribution in [3.8, 4) is 11.5 Å². The van der Waals surface area contributed by atoms with E-state index in [0.29, 0.717) is 29.9 Å². The highest BCUT2D eigenvalue weighted by atomic mass is 16.5. The largest absolute Gasteiger partial charge is 0.504 e. The molecule has 2 fully saturated rings. The van der Waals surface area contributed by atoms with Gasteiger partial charge in [-0.25, -0.2) is 0 Å². The van der Waals surface area contributed by atoms with E-state index in [4.69, 9.17) is 4.74 Å². The Balaban J connectivity index is 1.99. The number of piperidine rings is 1. The van der Waals surface area contributed by atoms with E-state index in [1.54, 1.807) is 7.11 Å². The number of hydrogen-bond donors (Lipinski definition) is 1. The Morgan fingerprint density at radius 3 is 2.91 bits per heavy atom. The molecule has 0 radical (unpaired) electrons. The topological polar surface area (TPSA) is 49.8 Å². The van der Waals surface area contributed by atoms with Crippen LogP contribution in [0.4, 0.5) is 0 Å². The van der Waals surface area contributed by atoms with Gasteiger partial charge in [-0.3, -0.25) is 4.79 Å². The van der Waals surface area contributed by atoms with Crippen LogP contribution in [-0.4, -0.2) is 42.5 Å². The van der Waals surface area contributed by atoms with Gasteiger partial charge in [0, 0.05) is 29.4 Å². The molecule has 4 nitrogen and oxygen atoms in total. The summed E-state index contributed by atoms with van der Waals surface area (Å²) in [4.78, 5) is 15.0. The van der Waals surface area contributed by atoms with Crippen molar-refractivity contribution in [3.63, 3.8) is 0 Å². The lowest BCUT2D eigenvalue weighted by Gasteiger charge is -2.60. The van der Waals surface area contributed by atoms with Crippen LogP contribution in [0.15, 0.2) is 12.1 Å². The van der Waals surface area contributed by atoms with Crippen LogP contribution < -0.4 is 4.74 Å². The molecule has 1 aromatic rings. The molecule has 2 bridgehead atoms. The van der Waals surface area contributed by atoms with Crippen molar-refractivity contribution < 1.29 is 14.6 Å². The second-order valence-electron chi connectivity index (χ2n) is 7.53. The van der Waals surface area contributed by atoms with E-state index in [1.165, 1.54) is 5.56 Å². The van der Waals surface area contributed by atoms with Crippen molar-refractivity contribution in [2.75, 3.05) is 20.7 Å². The highest BCUT2D eigenvalue weighted by Crippen LogP contribution is 2.60. The third-order valence-corrected chi connectivity index (χ3v) is 6.87. The molecule has 1 N–H and O–H groups in total. The van der Waals surface area contributed by atoms with E-state index >= 15 is 0 Å². The van der Waals surface area contributed by atoms with Crippen LogP contribution in [0.25, 0.3) is 0 Å². The molecule has 4 atom stereocenters. The fraction of sp³-hybridized carbons (Fsp3) is 0.632. The lowest BCUT2D eigenvalue weighted by molar-refractivity contribution is -0.134. The number of carbonyl (C=O) groups excluding carboxylic acids is 1. The molecule has 1 aromatic carbocycles. The molecule has 124 valence electrons. The zero-order chi connectivity index (χ0) is 16.4. The Bertz CT molecular complexity index is 671. The number of ether oxygens (including phenoxy) is 1. The zero-order valence-electron chi connectivity index (χ0n) is 14.1. The number of hydrogen-bond acceptors (Lipinski definition) is 4. The number of Topliss-reactive ketones (excluding diaryl/α,β-unsaturated/α-hetero) is 1. The number of phenols is 1. The third-order valence-electron chi connectivity index (χ3n) is 6.87. The Kier molecular flexibility index (Phi) is 3.24. The molecule has 1 saturated carbocycles. The fourth-order valence-corrected chi connectivity index (χ4v) is 5.67. The first kappa shape index (κ1) is 15.0. The maximum Gasteiger partial charge on any atom is 0.161 e. The van der Waals surface area contributed by atoms with E-state index in [9.17, 15) is 9.90 Å². The lowest BCUT2D eigenvalue weighted by atomic mass is 9.48. The summed E-state index contributed by atoms with van der Waals surface area (Å²) >= 11 is 0. The fourth-order valence-electron chi connectivity index (χ4n) is 5.67. The number of rotatable bonds is 1. The summed E-state index contributed by atoms with van der Waals surface area (Å²) in [6.07, 6.45) is 3.51. The highest BCUT2D eigenvalue weighted by molar-refractivity contribution is 5.84.